The number of carbonyl (C=O) groups is 1. The number of aromatic nitrogens is 1. The van der Waals surface area contributed by atoms with Crippen molar-refractivity contribution in [3.8, 4) is 0 Å². The van der Waals surface area contributed by atoms with Gasteiger partial charge < -0.3 is 15.4 Å². The van der Waals surface area contributed by atoms with Crippen molar-refractivity contribution in [2.24, 2.45) is 0 Å². The number of nitrogens with zero attached hydrogens (tertiary/aromatic N) is 3. The molecule has 21 heavy (non-hydrogen) atoms. The Morgan fingerprint density at radius 3 is 2.81 bits per heavy atom. The number of pyridine rings is 1. The molecule has 116 valence electrons. The molecule has 1 fully saturated rings. The molecule has 1 aliphatic rings. The van der Waals surface area contributed by atoms with Gasteiger partial charge >= 0.3 is 5.97 Å². The first-order valence-corrected chi connectivity index (χ1v) is 7.24. The number of carbonyl (C=O) groups excluding carboxylic acids is 1. The summed E-state index contributed by atoms with van der Waals surface area (Å²) in [5.74, 6) is 0.285. The number of piperazine rings is 1. The van der Waals surface area contributed by atoms with Crippen LogP contribution in [0.25, 0.3) is 0 Å². The van der Waals surface area contributed by atoms with Crippen molar-refractivity contribution in [3.05, 3.63) is 17.8 Å². The molecule has 0 atom stereocenters. The fourth-order valence-corrected chi connectivity index (χ4v) is 2.51. The van der Waals surface area contributed by atoms with Gasteiger partial charge in [-0.15, -0.1) is 0 Å². The van der Waals surface area contributed by atoms with Gasteiger partial charge in [0.05, 0.1) is 18.5 Å². The predicted octanol–water partition coefficient (Wildman–Crippen LogP) is 1.37. The van der Waals surface area contributed by atoms with Crippen LogP contribution < -0.4 is 10.6 Å². The molecule has 1 aromatic rings. The van der Waals surface area contributed by atoms with Crippen LogP contribution in [0.15, 0.2) is 12.3 Å². The molecule has 0 aliphatic carbocycles. The predicted molar refractivity (Wildman–Crippen MR) is 83.5 cm³/mol. The molecular formula is C15H24N4O2. The molecule has 1 saturated heterocycles. The lowest BCUT2D eigenvalue weighted by Gasteiger charge is -2.46. The molecule has 1 aliphatic heterocycles. The van der Waals surface area contributed by atoms with E-state index in [9.17, 15) is 4.79 Å². The molecule has 6 nitrogen and oxygen atoms in total. The highest BCUT2D eigenvalue weighted by Gasteiger charge is 2.33. The Bertz CT molecular complexity index is 530. The third-order valence-electron chi connectivity index (χ3n) is 4.00. The van der Waals surface area contributed by atoms with E-state index in [0.717, 1.165) is 19.6 Å². The lowest BCUT2D eigenvalue weighted by atomic mass is 9.99. The van der Waals surface area contributed by atoms with E-state index in [0.29, 0.717) is 23.7 Å². The average Bonchev–Trinajstić information content (AvgIpc) is 2.42. The highest BCUT2D eigenvalue weighted by atomic mass is 16.5. The maximum atomic E-state index is 12.1. The van der Waals surface area contributed by atoms with E-state index >= 15 is 0 Å². The molecule has 1 aromatic heterocycles. The van der Waals surface area contributed by atoms with Crippen molar-refractivity contribution in [1.29, 1.82) is 0 Å². The topological polar surface area (TPSA) is 71.7 Å². The van der Waals surface area contributed by atoms with Gasteiger partial charge in [-0.3, -0.25) is 4.90 Å². The van der Waals surface area contributed by atoms with Gasteiger partial charge in [-0.05, 0) is 33.9 Å². The number of esters is 1. The minimum absolute atomic E-state index is 0.0211. The van der Waals surface area contributed by atoms with E-state index in [1.54, 1.807) is 19.2 Å². The second-order valence-electron chi connectivity index (χ2n) is 6.02. The number of nitrogens with two attached hydrogens (primary N) is 1. The largest absolute Gasteiger partial charge is 0.462 e. The summed E-state index contributed by atoms with van der Waals surface area (Å²) < 4.78 is 5.12. The van der Waals surface area contributed by atoms with Gasteiger partial charge in [0.25, 0.3) is 0 Å². The van der Waals surface area contributed by atoms with Crippen molar-refractivity contribution in [3.63, 3.8) is 0 Å². The van der Waals surface area contributed by atoms with Gasteiger partial charge in [0.15, 0.2) is 0 Å². The quantitative estimate of drug-likeness (QED) is 0.848. The Morgan fingerprint density at radius 1 is 1.48 bits per heavy atom. The summed E-state index contributed by atoms with van der Waals surface area (Å²) in [6.45, 7) is 9.02. The molecule has 0 aromatic carbocycles. The van der Waals surface area contributed by atoms with E-state index in [2.05, 4.69) is 35.7 Å². The molecule has 2 heterocycles. The maximum Gasteiger partial charge on any atom is 0.341 e. The number of rotatable bonds is 3. The first-order chi connectivity index (χ1) is 9.85. The van der Waals surface area contributed by atoms with Crippen LogP contribution in [-0.2, 0) is 4.74 Å². The van der Waals surface area contributed by atoms with Crippen LogP contribution in [0, 0.1) is 0 Å². The maximum absolute atomic E-state index is 12.1. The highest BCUT2D eigenvalue weighted by molar-refractivity contribution is 5.95. The standard InChI is InChI=1S/C15H24N4O2/c1-5-21-14(20)12-8-11(16)9-17-13(12)19-7-6-18(4)15(2,3)10-19/h8-9H,5-7,10,16H2,1-4H3. The fourth-order valence-electron chi connectivity index (χ4n) is 2.51. The van der Waals surface area contributed by atoms with Crippen LogP contribution in [-0.4, -0.2) is 54.7 Å². The van der Waals surface area contributed by atoms with Crippen LogP contribution >= 0.6 is 0 Å². The second-order valence-corrected chi connectivity index (χ2v) is 6.02. The van der Waals surface area contributed by atoms with E-state index in [-0.39, 0.29) is 11.5 Å². The van der Waals surface area contributed by atoms with Gasteiger partial charge in [0.1, 0.15) is 11.4 Å². The van der Waals surface area contributed by atoms with Gasteiger partial charge in [-0.25, -0.2) is 9.78 Å². The monoisotopic (exact) mass is 292 g/mol. The molecule has 0 unspecified atom stereocenters. The zero-order chi connectivity index (χ0) is 15.6. The number of hydrogen-bond acceptors (Lipinski definition) is 6. The van der Waals surface area contributed by atoms with E-state index in [4.69, 9.17) is 10.5 Å². The van der Waals surface area contributed by atoms with Crippen molar-refractivity contribution >= 4 is 17.5 Å². The third kappa shape index (κ3) is 3.26. The molecule has 0 spiro atoms. The Balaban J connectivity index is 2.33. The molecule has 0 saturated carbocycles. The zero-order valence-corrected chi connectivity index (χ0v) is 13.2. The molecule has 0 radical (unpaired) electrons. The SMILES string of the molecule is CCOC(=O)c1cc(N)cnc1N1CCN(C)C(C)(C)C1. The number of nitrogen functional groups attached to an aromatic ring is 1. The van der Waals surface area contributed by atoms with E-state index in [1.165, 1.54) is 0 Å². The van der Waals surface area contributed by atoms with Crippen molar-refractivity contribution in [2.45, 2.75) is 26.3 Å². The zero-order valence-electron chi connectivity index (χ0n) is 13.2. The molecule has 6 heteroatoms. The molecule has 2 rings (SSSR count). The molecule has 2 N–H and O–H groups in total. The number of hydrogen-bond donors (Lipinski definition) is 1. The van der Waals surface area contributed by atoms with Crippen LogP contribution in [0.1, 0.15) is 31.1 Å². The van der Waals surface area contributed by atoms with Gasteiger partial charge in [-0.1, -0.05) is 0 Å². The second kappa shape index (κ2) is 5.89. The van der Waals surface area contributed by atoms with Crippen LogP contribution in [0.4, 0.5) is 11.5 Å². The van der Waals surface area contributed by atoms with E-state index < -0.39 is 0 Å². The molecule has 0 amide bonds. The summed E-state index contributed by atoms with van der Waals surface area (Å²) in [6.07, 6.45) is 1.59. The summed E-state index contributed by atoms with van der Waals surface area (Å²) in [4.78, 5) is 20.9. The van der Waals surface area contributed by atoms with Crippen LogP contribution in [0.5, 0.6) is 0 Å². The Morgan fingerprint density at radius 2 is 2.19 bits per heavy atom. The third-order valence-corrected chi connectivity index (χ3v) is 4.00. The Hall–Kier alpha value is -1.82. The van der Waals surface area contributed by atoms with Crippen molar-refractivity contribution in [1.82, 2.24) is 9.88 Å². The lowest BCUT2D eigenvalue weighted by molar-refractivity contribution is 0.0526. The normalized spacial score (nSPS) is 18.6. The van der Waals surface area contributed by atoms with Gasteiger partial charge in [0, 0.05) is 25.2 Å². The summed E-state index contributed by atoms with van der Waals surface area (Å²) in [7, 11) is 2.11. The Labute approximate surface area is 125 Å². The summed E-state index contributed by atoms with van der Waals surface area (Å²) >= 11 is 0. The first-order valence-electron chi connectivity index (χ1n) is 7.24. The lowest BCUT2D eigenvalue weighted by Crippen LogP contribution is -2.58. The van der Waals surface area contributed by atoms with Crippen molar-refractivity contribution < 1.29 is 9.53 Å². The molecule has 0 bridgehead atoms. The van der Waals surface area contributed by atoms with Crippen LogP contribution in [0.2, 0.25) is 0 Å². The number of likely N-dealkylation sites (N-methyl/N-ethyl adjacent to an activating group) is 1. The highest BCUT2D eigenvalue weighted by Crippen LogP contribution is 2.27. The summed E-state index contributed by atoms with van der Waals surface area (Å²) in [5, 5.41) is 0. The Kier molecular flexibility index (Phi) is 4.37. The fraction of sp³-hybridized carbons (Fsp3) is 0.600. The minimum Gasteiger partial charge on any atom is -0.462 e. The number of ether oxygens (including phenoxy) is 1. The van der Waals surface area contributed by atoms with Crippen LogP contribution in [0.3, 0.4) is 0 Å². The molecular weight excluding hydrogens is 268 g/mol. The summed E-state index contributed by atoms with van der Waals surface area (Å²) in [5.41, 5.74) is 6.70. The van der Waals surface area contributed by atoms with E-state index in [1.807, 2.05) is 0 Å². The first kappa shape index (κ1) is 15.6. The number of anilines is 2. The van der Waals surface area contributed by atoms with Crippen molar-refractivity contribution in [2.75, 3.05) is 43.9 Å². The van der Waals surface area contributed by atoms with Gasteiger partial charge in [0.2, 0.25) is 0 Å². The van der Waals surface area contributed by atoms with Gasteiger partial charge in [-0.2, -0.15) is 0 Å². The smallest absolute Gasteiger partial charge is 0.341 e. The minimum atomic E-state index is -0.371. The summed E-state index contributed by atoms with van der Waals surface area (Å²) in [6, 6.07) is 1.64. The average molecular weight is 292 g/mol.